The number of anilines is 1. The fourth-order valence-corrected chi connectivity index (χ4v) is 2.20. The van der Waals surface area contributed by atoms with E-state index in [-0.39, 0.29) is 5.69 Å². The number of benzene rings is 2. The molecule has 1 aromatic heterocycles. The van der Waals surface area contributed by atoms with E-state index in [0.29, 0.717) is 17.2 Å². The molecule has 7 nitrogen and oxygen atoms in total. The lowest BCUT2D eigenvalue weighted by atomic mass is 10.1. The number of nitrogens with zero attached hydrogens (tertiary/aromatic N) is 1. The molecule has 7 heteroatoms. The summed E-state index contributed by atoms with van der Waals surface area (Å²) in [5.74, 6) is -0.812. The number of hydrogen-bond donors (Lipinski definition) is 2. The van der Waals surface area contributed by atoms with Crippen LogP contribution in [-0.2, 0) is 4.79 Å². The Kier molecular flexibility index (Phi) is 4.75. The van der Waals surface area contributed by atoms with E-state index in [1.807, 2.05) is 30.3 Å². The van der Waals surface area contributed by atoms with Gasteiger partial charge in [0.05, 0.1) is 0 Å². The smallest absolute Gasteiger partial charge is 0.341 e. The number of carboxylic acids is 1. The summed E-state index contributed by atoms with van der Waals surface area (Å²) < 4.78 is 10.4. The van der Waals surface area contributed by atoms with Crippen LogP contribution in [0.1, 0.15) is 10.5 Å². The molecule has 0 aliphatic heterocycles. The van der Waals surface area contributed by atoms with E-state index in [2.05, 4.69) is 10.3 Å². The van der Waals surface area contributed by atoms with Gasteiger partial charge >= 0.3 is 5.97 Å². The minimum Gasteiger partial charge on any atom is -0.482 e. The Morgan fingerprint density at radius 1 is 1.12 bits per heavy atom. The summed E-state index contributed by atoms with van der Waals surface area (Å²) in [5, 5.41) is 11.3. The monoisotopic (exact) mass is 338 g/mol. The number of rotatable bonds is 6. The summed E-state index contributed by atoms with van der Waals surface area (Å²) in [6, 6.07) is 15.6. The highest BCUT2D eigenvalue weighted by atomic mass is 16.5. The minimum atomic E-state index is -1.08. The number of nitrogens with one attached hydrogen (secondary N) is 1. The molecule has 3 aromatic rings. The van der Waals surface area contributed by atoms with Crippen molar-refractivity contribution in [3.05, 3.63) is 66.7 Å². The molecule has 1 amide bonds. The highest BCUT2D eigenvalue weighted by Crippen LogP contribution is 2.24. The number of carbonyl (C=O) groups is 2. The van der Waals surface area contributed by atoms with E-state index in [0.717, 1.165) is 5.56 Å². The molecule has 0 saturated heterocycles. The van der Waals surface area contributed by atoms with Crippen LogP contribution < -0.4 is 10.1 Å². The first-order valence-electron chi connectivity index (χ1n) is 7.38. The molecule has 0 bridgehead atoms. The molecule has 1 heterocycles. The van der Waals surface area contributed by atoms with Gasteiger partial charge in [0, 0.05) is 17.3 Å². The zero-order chi connectivity index (χ0) is 17.6. The number of hydrogen-bond acceptors (Lipinski definition) is 5. The molecule has 0 radical (unpaired) electrons. The Morgan fingerprint density at radius 3 is 2.68 bits per heavy atom. The topological polar surface area (TPSA) is 102 Å². The maximum atomic E-state index is 12.5. The molecule has 3 rings (SSSR count). The van der Waals surface area contributed by atoms with Crippen molar-refractivity contribution >= 4 is 17.6 Å². The largest absolute Gasteiger partial charge is 0.482 e. The molecule has 126 valence electrons. The summed E-state index contributed by atoms with van der Waals surface area (Å²) >= 11 is 0. The zero-order valence-corrected chi connectivity index (χ0v) is 13.0. The van der Waals surface area contributed by atoms with Crippen LogP contribution in [0.3, 0.4) is 0 Å². The van der Waals surface area contributed by atoms with Crippen molar-refractivity contribution in [1.29, 1.82) is 0 Å². The standard InChI is InChI=1S/C18H14N2O5/c21-15(22)10-24-14-8-4-7-13(9-14)20-18(23)16-17(25-11-19-16)12-5-2-1-3-6-12/h1-9,11H,10H2,(H,20,23)(H,21,22). The van der Waals surface area contributed by atoms with Crippen molar-refractivity contribution in [2.24, 2.45) is 0 Å². The van der Waals surface area contributed by atoms with Crippen molar-refractivity contribution in [1.82, 2.24) is 4.98 Å². The zero-order valence-electron chi connectivity index (χ0n) is 13.0. The van der Waals surface area contributed by atoms with Crippen molar-refractivity contribution in [2.75, 3.05) is 11.9 Å². The van der Waals surface area contributed by atoms with Crippen molar-refractivity contribution < 1.29 is 23.8 Å². The first kappa shape index (κ1) is 16.3. The number of aliphatic carboxylic acids is 1. The van der Waals surface area contributed by atoms with Gasteiger partial charge in [-0.05, 0) is 12.1 Å². The molecule has 0 fully saturated rings. The third-order valence-electron chi connectivity index (χ3n) is 3.27. The van der Waals surface area contributed by atoms with Gasteiger partial charge < -0.3 is 19.6 Å². The van der Waals surface area contributed by atoms with Gasteiger partial charge in [-0.3, -0.25) is 4.79 Å². The third-order valence-corrected chi connectivity index (χ3v) is 3.27. The molecule has 0 unspecified atom stereocenters. The predicted octanol–water partition coefficient (Wildman–Crippen LogP) is 3.06. The molecular formula is C18H14N2O5. The lowest BCUT2D eigenvalue weighted by Gasteiger charge is -2.07. The summed E-state index contributed by atoms with van der Waals surface area (Å²) in [7, 11) is 0. The van der Waals surface area contributed by atoms with Crippen LogP contribution in [0.4, 0.5) is 5.69 Å². The fourth-order valence-electron chi connectivity index (χ4n) is 2.20. The van der Waals surface area contributed by atoms with Crippen LogP contribution in [0.5, 0.6) is 5.75 Å². The van der Waals surface area contributed by atoms with Gasteiger partial charge in [-0.15, -0.1) is 0 Å². The van der Waals surface area contributed by atoms with E-state index in [1.165, 1.54) is 12.5 Å². The summed E-state index contributed by atoms with van der Waals surface area (Å²) in [5.41, 5.74) is 1.35. The van der Waals surface area contributed by atoms with Crippen molar-refractivity contribution in [3.63, 3.8) is 0 Å². The van der Waals surface area contributed by atoms with Crippen molar-refractivity contribution in [3.8, 4) is 17.1 Å². The van der Waals surface area contributed by atoms with Crippen LogP contribution in [0.25, 0.3) is 11.3 Å². The molecule has 2 aromatic carbocycles. The Bertz CT molecular complexity index is 889. The summed E-state index contributed by atoms with van der Waals surface area (Å²) in [6.07, 6.45) is 1.21. The average molecular weight is 338 g/mol. The van der Waals surface area contributed by atoms with Gasteiger partial charge in [-0.25, -0.2) is 9.78 Å². The van der Waals surface area contributed by atoms with Crippen LogP contribution in [0.15, 0.2) is 65.4 Å². The highest BCUT2D eigenvalue weighted by molar-refractivity contribution is 6.06. The molecule has 0 atom stereocenters. The minimum absolute atomic E-state index is 0.156. The molecule has 0 aliphatic carbocycles. The summed E-state index contributed by atoms with van der Waals surface area (Å²) in [4.78, 5) is 27.0. The number of oxazole rings is 1. The van der Waals surface area contributed by atoms with Gasteiger partial charge in [0.15, 0.2) is 24.5 Å². The number of carbonyl (C=O) groups excluding carboxylic acids is 1. The Labute approximate surface area is 142 Å². The summed E-state index contributed by atoms with van der Waals surface area (Å²) in [6.45, 7) is -0.459. The second-order valence-corrected chi connectivity index (χ2v) is 5.06. The molecule has 0 saturated carbocycles. The van der Waals surface area contributed by atoms with Gasteiger partial charge in [-0.2, -0.15) is 0 Å². The molecule has 25 heavy (non-hydrogen) atoms. The molecule has 0 aliphatic rings. The average Bonchev–Trinajstić information content (AvgIpc) is 3.11. The Hall–Kier alpha value is -3.61. The third kappa shape index (κ3) is 4.03. The number of ether oxygens (including phenoxy) is 1. The van der Waals surface area contributed by atoms with E-state index in [1.54, 1.807) is 18.2 Å². The predicted molar refractivity (Wildman–Crippen MR) is 89.5 cm³/mol. The Balaban J connectivity index is 1.77. The van der Waals surface area contributed by atoms with Crippen LogP contribution >= 0.6 is 0 Å². The lowest BCUT2D eigenvalue weighted by molar-refractivity contribution is -0.139. The second-order valence-electron chi connectivity index (χ2n) is 5.06. The number of amides is 1. The molecular weight excluding hydrogens is 324 g/mol. The Morgan fingerprint density at radius 2 is 1.92 bits per heavy atom. The van der Waals surface area contributed by atoms with E-state index < -0.39 is 18.5 Å². The first-order chi connectivity index (χ1) is 12.1. The molecule has 2 N–H and O–H groups in total. The maximum Gasteiger partial charge on any atom is 0.341 e. The van der Waals surface area contributed by atoms with Gasteiger partial charge in [0.25, 0.3) is 5.91 Å². The fraction of sp³-hybridized carbons (Fsp3) is 0.0556. The van der Waals surface area contributed by atoms with Crippen LogP contribution in [0, 0.1) is 0 Å². The van der Waals surface area contributed by atoms with Gasteiger partial charge in [0.2, 0.25) is 0 Å². The quantitative estimate of drug-likeness (QED) is 0.716. The van der Waals surface area contributed by atoms with Crippen LogP contribution in [0.2, 0.25) is 0 Å². The first-order valence-corrected chi connectivity index (χ1v) is 7.38. The van der Waals surface area contributed by atoms with E-state index in [9.17, 15) is 9.59 Å². The maximum absolute atomic E-state index is 12.5. The van der Waals surface area contributed by atoms with Crippen molar-refractivity contribution in [2.45, 2.75) is 0 Å². The van der Waals surface area contributed by atoms with Gasteiger partial charge in [-0.1, -0.05) is 36.4 Å². The number of aromatic nitrogens is 1. The second kappa shape index (κ2) is 7.31. The van der Waals surface area contributed by atoms with E-state index in [4.69, 9.17) is 14.3 Å². The lowest BCUT2D eigenvalue weighted by Crippen LogP contribution is -2.14. The normalized spacial score (nSPS) is 10.2. The molecule has 0 spiro atoms. The van der Waals surface area contributed by atoms with Gasteiger partial charge in [0.1, 0.15) is 5.75 Å². The van der Waals surface area contributed by atoms with Crippen LogP contribution in [-0.4, -0.2) is 28.6 Å². The highest BCUT2D eigenvalue weighted by Gasteiger charge is 2.18. The SMILES string of the molecule is O=C(O)COc1cccc(NC(=O)c2ncoc2-c2ccccc2)c1. The van der Waals surface area contributed by atoms with E-state index >= 15 is 0 Å². The number of carboxylic acid groups (broad SMARTS) is 1.